The van der Waals surface area contributed by atoms with E-state index in [4.69, 9.17) is 5.10 Å². The molecule has 0 saturated carbocycles. The molecule has 2 aromatic heterocycles. The molecular formula is C25H29FN6O3. The molecule has 2 N–H and O–H groups in total. The molecule has 0 bridgehead atoms. The van der Waals surface area contributed by atoms with Crippen LogP contribution in [0.5, 0.6) is 0 Å². The Labute approximate surface area is 202 Å². The summed E-state index contributed by atoms with van der Waals surface area (Å²) >= 11 is 0. The number of piperidine rings is 1. The molecule has 2 aliphatic heterocycles. The monoisotopic (exact) mass is 480 g/mol. The zero-order chi connectivity index (χ0) is 24.5. The van der Waals surface area contributed by atoms with Crippen molar-refractivity contribution in [2.75, 3.05) is 24.5 Å². The highest BCUT2D eigenvalue weighted by atomic mass is 19.1. The van der Waals surface area contributed by atoms with Gasteiger partial charge in [0.15, 0.2) is 11.3 Å². The third-order valence-corrected chi connectivity index (χ3v) is 6.86. The standard InChI is InChI=1S/C25H29FN6O3/c1-16(33)25(35)30-12-9-19(10-13-30)28-24(34)21-15-27-22-7-8-23(29-32(21)22)31-11-3-6-20(31)17-4-2-5-18(26)14-17/h2,4-5,7-8,14-16,19-20,33H,3,6,9-13H2,1H3,(H,28,34)/t16-,20+/m0/s1. The number of fused-ring (bicyclic) bond motifs is 1. The largest absolute Gasteiger partial charge is 0.384 e. The first-order chi connectivity index (χ1) is 16.9. The van der Waals surface area contributed by atoms with Gasteiger partial charge >= 0.3 is 0 Å². The first-order valence-electron chi connectivity index (χ1n) is 12.1. The maximum atomic E-state index is 13.8. The number of nitrogens with one attached hydrogen (secondary N) is 1. The number of likely N-dealkylation sites (tertiary alicyclic amines) is 1. The van der Waals surface area contributed by atoms with Gasteiger partial charge in [-0.25, -0.2) is 13.9 Å². The van der Waals surface area contributed by atoms with Gasteiger partial charge in [0.05, 0.1) is 12.2 Å². The number of carbonyl (C=O) groups excluding carboxylic acids is 2. The molecule has 0 unspecified atom stereocenters. The number of hydrogen-bond donors (Lipinski definition) is 2. The summed E-state index contributed by atoms with van der Waals surface area (Å²) in [6.07, 6.45) is 3.59. The third kappa shape index (κ3) is 4.70. The Kier molecular flexibility index (Phi) is 6.38. The van der Waals surface area contributed by atoms with E-state index >= 15 is 0 Å². The average Bonchev–Trinajstić information content (AvgIpc) is 3.51. The van der Waals surface area contributed by atoms with E-state index in [1.165, 1.54) is 19.2 Å². The molecule has 9 nitrogen and oxygen atoms in total. The smallest absolute Gasteiger partial charge is 0.271 e. The average molecular weight is 481 g/mol. The third-order valence-electron chi connectivity index (χ3n) is 6.86. The molecule has 2 fully saturated rings. The number of nitrogens with zero attached hydrogens (tertiary/aromatic N) is 5. The minimum atomic E-state index is -1.02. The lowest BCUT2D eigenvalue weighted by Crippen LogP contribution is -2.48. The first-order valence-corrected chi connectivity index (χ1v) is 12.1. The highest BCUT2D eigenvalue weighted by Gasteiger charge is 2.29. The minimum Gasteiger partial charge on any atom is -0.384 e. The van der Waals surface area contributed by atoms with Gasteiger partial charge in [0.1, 0.15) is 17.7 Å². The minimum absolute atomic E-state index is 0.0194. The number of amides is 2. The Morgan fingerprint density at radius 3 is 2.69 bits per heavy atom. The second-order valence-electron chi connectivity index (χ2n) is 9.26. The van der Waals surface area contributed by atoms with Gasteiger partial charge < -0.3 is 20.2 Å². The van der Waals surface area contributed by atoms with E-state index < -0.39 is 6.10 Å². The Hall–Kier alpha value is -3.53. The fourth-order valence-electron chi connectivity index (χ4n) is 5.04. The summed E-state index contributed by atoms with van der Waals surface area (Å²) in [5.41, 5.74) is 1.82. The number of imidazole rings is 1. The maximum Gasteiger partial charge on any atom is 0.271 e. The molecule has 2 atom stereocenters. The number of aromatic nitrogens is 3. The van der Waals surface area contributed by atoms with Gasteiger partial charge in [0.2, 0.25) is 0 Å². The molecule has 0 spiro atoms. The van der Waals surface area contributed by atoms with Gasteiger partial charge in [0, 0.05) is 25.7 Å². The van der Waals surface area contributed by atoms with Gasteiger partial charge in [-0.3, -0.25) is 9.59 Å². The molecule has 5 rings (SSSR count). The van der Waals surface area contributed by atoms with E-state index in [1.54, 1.807) is 21.5 Å². The normalized spacial score (nSPS) is 19.8. The van der Waals surface area contributed by atoms with Crippen molar-refractivity contribution >= 4 is 23.3 Å². The summed E-state index contributed by atoms with van der Waals surface area (Å²) in [7, 11) is 0. The molecule has 184 valence electrons. The van der Waals surface area contributed by atoms with Crippen LogP contribution in [-0.4, -0.2) is 68.2 Å². The van der Waals surface area contributed by atoms with E-state index in [-0.39, 0.29) is 29.7 Å². The quantitative estimate of drug-likeness (QED) is 0.581. The van der Waals surface area contributed by atoms with Gasteiger partial charge in [-0.15, -0.1) is 5.10 Å². The van der Waals surface area contributed by atoms with Crippen molar-refractivity contribution in [2.24, 2.45) is 0 Å². The molecule has 0 aliphatic carbocycles. The lowest BCUT2D eigenvalue weighted by atomic mass is 10.0. The molecule has 3 aromatic rings. The predicted molar refractivity (Wildman–Crippen MR) is 127 cm³/mol. The van der Waals surface area contributed by atoms with Crippen molar-refractivity contribution in [1.82, 2.24) is 24.8 Å². The number of halogens is 1. The van der Waals surface area contributed by atoms with Crippen LogP contribution in [0, 0.1) is 5.82 Å². The van der Waals surface area contributed by atoms with Crippen molar-refractivity contribution in [2.45, 2.75) is 50.8 Å². The molecule has 2 aliphatic rings. The van der Waals surface area contributed by atoms with Gasteiger partial charge in [-0.1, -0.05) is 12.1 Å². The molecule has 35 heavy (non-hydrogen) atoms. The second kappa shape index (κ2) is 9.61. The highest BCUT2D eigenvalue weighted by molar-refractivity contribution is 5.93. The lowest BCUT2D eigenvalue weighted by molar-refractivity contribution is -0.140. The number of aliphatic hydroxyl groups excluding tert-OH is 1. The number of rotatable bonds is 5. The van der Waals surface area contributed by atoms with E-state index in [9.17, 15) is 19.1 Å². The Morgan fingerprint density at radius 2 is 1.94 bits per heavy atom. The summed E-state index contributed by atoms with van der Waals surface area (Å²) in [6.45, 7) is 3.23. The Bertz CT molecular complexity index is 1240. The fourth-order valence-corrected chi connectivity index (χ4v) is 5.04. The Morgan fingerprint density at radius 1 is 1.14 bits per heavy atom. The van der Waals surface area contributed by atoms with Crippen molar-refractivity contribution in [3.63, 3.8) is 0 Å². The van der Waals surface area contributed by atoms with E-state index in [2.05, 4.69) is 15.2 Å². The highest BCUT2D eigenvalue weighted by Crippen LogP contribution is 2.35. The maximum absolute atomic E-state index is 13.8. The van der Waals surface area contributed by atoms with Gasteiger partial charge in [0.25, 0.3) is 11.8 Å². The molecule has 10 heteroatoms. The molecule has 0 radical (unpaired) electrons. The SMILES string of the molecule is C[C@H](O)C(=O)N1CCC(NC(=O)c2cnc3ccc(N4CCC[C@@H]4c4cccc(F)c4)nn23)CC1. The van der Waals surface area contributed by atoms with Crippen molar-refractivity contribution in [3.05, 3.63) is 59.7 Å². The number of benzene rings is 1. The van der Waals surface area contributed by atoms with Crippen molar-refractivity contribution in [3.8, 4) is 0 Å². The Balaban J connectivity index is 1.31. The predicted octanol–water partition coefficient (Wildman–Crippen LogP) is 2.31. The molecule has 2 saturated heterocycles. The number of aliphatic hydroxyl groups is 1. The number of hydrogen-bond acceptors (Lipinski definition) is 6. The molecular weight excluding hydrogens is 451 g/mol. The zero-order valence-corrected chi connectivity index (χ0v) is 19.6. The summed E-state index contributed by atoms with van der Waals surface area (Å²) in [4.78, 5) is 33.2. The second-order valence-corrected chi connectivity index (χ2v) is 9.26. The van der Waals surface area contributed by atoms with Crippen LogP contribution in [0.2, 0.25) is 0 Å². The van der Waals surface area contributed by atoms with E-state index in [1.807, 2.05) is 18.2 Å². The summed E-state index contributed by atoms with van der Waals surface area (Å²) in [6, 6.07) is 10.3. The van der Waals surface area contributed by atoms with Crippen LogP contribution in [0.1, 0.15) is 54.7 Å². The van der Waals surface area contributed by atoms with E-state index in [0.717, 1.165) is 24.9 Å². The summed E-state index contributed by atoms with van der Waals surface area (Å²) in [5, 5.41) is 17.3. The van der Waals surface area contributed by atoms with Crippen molar-refractivity contribution in [1.29, 1.82) is 0 Å². The van der Waals surface area contributed by atoms with Crippen LogP contribution < -0.4 is 10.2 Å². The number of anilines is 1. The fraction of sp³-hybridized carbons (Fsp3) is 0.440. The topological polar surface area (TPSA) is 103 Å². The van der Waals surface area contributed by atoms with Crippen LogP contribution in [0.3, 0.4) is 0 Å². The summed E-state index contributed by atoms with van der Waals surface area (Å²) < 4.78 is 15.4. The molecule has 2 amide bonds. The van der Waals surface area contributed by atoms with Crippen LogP contribution in [0.25, 0.3) is 5.65 Å². The van der Waals surface area contributed by atoms with Crippen LogP contribution in [0.15, 0.2) is 42.6 Å². The van der Waals surface area contributed by atoms with Crippen LogP contribution >= 0.6 is 0 Å². The molecule has 4 heterocycles. The van der Waals surface area contributed by atoms with Crippen LogP contribution in [0.4, 0.5) is 10.2 Å². The van der Waals surface area contributed by atoms with Crippen LogP contribution in [-0.2, 0) is 4.79 Å². The number of carbonyl (C=O) groups is 2. The first kappa shape index (κ1) is 23.2. The lowest BCUT2D eigenvalue weighted by Gasteiger charge is -2.33. The zero-order valence-electron chi connectivity index (χ0n) is 19.6. The van der Waals surface area contributed by atoms with Gasteiger partial charge in [-0.2, -0.15) is 0 Å². The van der Waals surface area contributed by atoms with E-state index in [0.29, 0.717) is 43.1 Å². The molecule has 1 aromatic carbocycles. The van der Waals surface area contributed by atoms with Crippen molar-refractivity contribution < 1.29 is 19.1 Å². The van der Waals surface area contributed by atoms with Gasteiger partial charge in [-0.05, 0) is 62.4 Å². The summed E-state index contributed by atoms with van der Waals surface area (Å²) in [5.74, 6) is -0.106.